The molecule has 1 unspecified atom stereocenters. The lowest BCUT2D eigenvalue weighted by Crippen LogP contribution is -2.16. The van der Waals surface area contributed by atoms with Gasteiger partial charge in [0, 0.05) is 4.88 Å². The monoisotopic (exact) mass is 251 g/mol. The van der Waals surface area contributed by atoms with Crippen LogP contribution in [0.2, 0.25) is 0 Å². The molecule has 1 N–H and O–H groups in total. The van der Waals surface area contributed by atoms with Crippen LogP contribution in [0.3, 0.4) is 0 Å². The lowest BCUT2D eigenvalue weighted by Gasteiger charge is -2.24. The number of H-pyrrole nitrogens is 1. The van der Waals surface area contributed by atoms with Crippen LogP contribution in [0.1, 0.15) is 35.1 Å². The molecule has 5 heteroatoms. The lowest BCUT2D eigenvalue weighted by atomic mass is 9.94. The summed E-state index contributed by atoms with van der Waals surface area (Å²) in [5.74, 6) is 0.981. The summed E-state index contributed by atoms with van der Waals surface area (Å²) in [5.41, 5.74) is 1.44. The highest BCUT2D eigenvalue weighted by molar-refractivity contribution is 7.71. The molecule has 0 aromatic carbocycles. The van der Waals surface area contributed by atoms with Gasteiger partial charge in [-0.1, -0.05) is 0 Å². The molecule has 0 radical (unpaired) electrons. The van der Waals surface area contributed by atoms with Gasteiger partial charge in [-0.05, 0) is 55.4 Å². The van der Waals surface area contributed by atoms with Gasteiger partial charge in [-0.2, -0.15) is 5.10 Å². The Balaban J connectivity index is 2.14. The predicted molar refractivity (Wildman–Crippen MR) is 67.5 cm³/mol. The normalized spacial score (nSPS) is 19.7. The number of hydrogen-bond donors (Lipinski definition) is 1. The summed E-state index contributed by atoms with van der Waals surface area (Å²) in [6.07, 6.45) is 3.62. The van der Waals surface area contributed by atoms with Crippen molar-refractivity contribution in [3.8, 4) is 0 Å². The fraction of sp³-hybridized carbons (Fsp3) is 0.455. The molecule has 1 atom stereocenters. The molecule has 2 heterocycles. The number of fused-ring (bicyclic) bond motifs is 1. The van der Waals surface area contributed by atoms with E-state index in [0.717, 1.165) is 10.6 Å². The summed E-state index contributed by atoms with van der Waals surface area (Å²) < 4.78 is 2.89. The quantitative estimate of drug-likeness (QED) is 0.789. The van der Waals surface area contributed by atoms with Crippen molar-refractivity contribution in [2.75, 3.05) is 0 Å². The van der Waals surface area contributed by atoms with Gasteiger partial charge < -0.3 is 0 Å². The van der Waals surface area contributed by atoms with Gasteiger partial charge >= 0.3 is 0 Å². The molecule has 1 aliphatic carbocycles. The molecule has 1 aliphatic rings. The smallest absolute Gasteiger partial charge is 0.195 e. The molecule has 0 saturated heterocycles. The minimum atomic E-state index is 0.390. The third-order valence-corrected chi connectivity index (χ3v) is 4.50. The van der Waals surface area contributed by atoms with Crippen LogP contribution in [0.15, 0.2) is 11.4 Å². The van der Waals surface area contributed by atoms with E-state index in [1.54, 1.807) is 0 Å². The number of thiophene rings is 1. The largest absolute Gasteiger partial charge is 0.297 e. The second-order valence-corrected chi connectivity index (χ2v) is 5.54. The van der Waals surface area contributed by atoms with E-state index in [9.17, 15) is 0 Å². The Morgan fingerprint density at radius 1 is 1.62 bits per heavy atom. The molecule has 0 amide bonds. The minimum absolute atomic E-state index is 0.390. The van der Waals surface area contributed by atoms with Crippen LogP contribution in [0.25, 0.3) is 0 Å². The van der Waals surface area contributed by atoms with Gasteiger partial charge in [-0.3, -0.25) is 9.67 Å². The molecule has 2 aromatic rings. The summed E-state index contributed by atoms with van der Waals surface area (Å²) in [6.45, 7) is 2.01. The van der Waals surface area contributed by atoms with Crippen molar-refractivity contribution in [3.63, 3.8) is 0 Å². The Bertz CT molecular complexity index is 564. The van der Waals surface area contributed by atoms with Crippen LogP contribution >= 0.6 is 23.6 Å². The van der Waals surface area contributed by atoms with Gasteiger partial charge in [0.1, 0.15) is 5.82 Å². The van der Waals surface area contributed by atoms with Crippen molar-refractivity contribution < 1.29 is 0 Å². The first-order valence-corrected chi connectivity index (χ1v) is 6.76. The molecule has 0 saturated carbocycles. The minimum Gasteiger partial charge on any atom is -0.297 e. The Morgan fingerprint density at radius 2 is 2.50 bits per heavy atom. The number of aryl methyl sites for hydroxylation is 2. The van der Waals surface area contributed by atoms with Crippen molar-refractivity contribution in [2.24, 2.45) is 0 Å². The molecule has 16 heavy (non-hydrogen) atoms. The van der Waals surface area contributed by atoms with Crippen LogP contribution in [0.4, 0.5) is 0 Å². The number of nitrogens with one attached hydrogen (secondary N) is 1. The molecule has 3 nitrogen and oxygen atoms in total. The van der Waals surface area contributed by atoms with Gasteiger partial charge in [0.15, 0.2) is 4.77 Å². The van der Waals surface area contributed by atoms with Gasteiger partial charge in [-0.15, -0.1) is 11.3 Å². The van der Waals surface area contributed by atoms with Crippen LogP contribution in [0, 0.1) is 11.7 Å². The third kappa shape index (κ3) is 1.46. The maximum absolute atomic E-state index is 5.30. The maximum Gasteiger partial charge on any atom is 0.195 e. The first-order valence-electron chi connectivity index (χ1n) is 5.47. The average molecular weight is 251 g/mol. The van der Waals surface area contributed by atoms with E-state index in [-0.39, 0.29) is 0 Å². The van der Waals surface area contributed by atoms with Crippen molar-refractivity contribution in [3.05, 3.63) is 32.5 Å². The molecule has 0 bridgehead atoms. The molecule has 2 aromatic heterocycles. The molecule has 84 valence electrons. The third-order valence-electron chi connectivity index (χ3n) is 3.21. The van der Waals surface area contributed by atoms with E-state index in [4.69, 9.17) is 12.2 Å². The van der Waals surface area contributed by atoms with Crippen LogP contribution < -0.4 is 0 Å². The van der Waals surface area contributed by atoms with Gasteiger partial charge in [0.2, 0.25) is 0 Å². The van der Waals surface area contributed by atoms with Crippen molar-refractivity contribution in [1.29, 1.82) is 0 Å². The summed E-state index contributed by atoms with van der Waals surface area (Å²) in [6, 6.07) is 2.62. The SMILES string of the molecule is Cc1n[nH]c(=S)n1C1CCCc2sccc21. The molecule has 0 spiro atoms. The molecule has 3 rings (SSSR count). The highest BCUT2D eigenvalue weighted by atomic mass is 32.1. The number of hydrogen-bond acceptors (Lipinski definition) is 3. The maximum atomic E-state index is 5.30. The van der Waals surface area contributed by atoms with E-state index in [1.807, 2.05) is 18.3 Å². The van der Waals surface area contributed by atoms with Crippen LogP contribution in [-0.4, -0.2) is 14.8 Å². The van der Waals surface area contributed by atoms with Gasteiger partial charge in [0.25, 0.3) is 0 Å². The number of aromatic nitrogens is 3. The van der Waals surface area contributed by atoms with Crippen LogP contribution in [0.5, 0.6) is 0 Å². The zero-order valence-corrected chi connectivity index (χ0v) is 10.7. The fourth-order valence-electron chi connectivity index (χ4n) is 2.48. The standard InChI is InChI=1S/C11H13N3S2/c1-7-12-13-11(15)14(7)9-3-2-4-10-8(9)5-6-16-10/h5-6,9H,2-4H2,1H3,(H,13,15). The summed E-state index contributed by atoms with van der Waals surface area (Å²) >= 11 is 7.17. The Morgan fingerprint density at radius 3 is 3.25 bits per heavy atom. The van der Waals surface area contributed by atoms with Crippen molar-refractivity contribution in [2.45, 2.75) is 32.2 Å². The van der Waals surface area contributed by atoms with Gasteiger partial charge in [0.05, 0.1) is 6.04 Å². The zero-order valence-electron chi connectivity index (χ0n) is 9.06. The Kier molecular flexibility index (Phi) is 2.44. The Hall–Kier alpha value is -0.940. The van der Waals surface area contributed by atoms with E-state index in [1.165, 1.54) is 29.7 Å². The molecule has 0 fully saturated rings. The molecular formula is C11H13N3S2. The molecule has 0 aliphatic heterocycles. The molecular weight excluding hydrogens is 238 g/mol. The number of aromatic amines is 1. The topological polar surface area (TPSA) is 33.6 Å². The second kappa shape index (κ2) is 3.82. The summed E-state index contributed by atoms with van der Waals surface area (Å²) in [7, 11) is 0. The average Bonchev–Trinajstić information content (AvgIpc) is 2.86. The number of rotatable bonds is 1. The highest BCUT2D eigenvalue weighted by Crippen LogP contribution is 2.36. The van der Waals surface area contributed by atoms with E-state index in [2.05, 4.69) is 26.2 Å². The summed E-state index contributed by atoms with van der Waals surface area (Å²) in [4.78, 5) is 1.51. The zero-order chi connectivity index (χ0) is 11.1. The van der Waals surface area contributed by atoms with Gasteiger partial charge in [-0.25, -0.2) is 0 Å². The number of nitrogens with zero attached hydrogens (tertiary/aromatic N) is 2. The fourth-order valence-corrected chi connectivity index (χ4v) is 3.77. The van der Waals surface area contributed by atoms with Crippen LogP contribution in [-0.2, 0) is 6.42 Å². The van der Waals surface area contributed by atoms with E-state index >= 15 is 0 Å². The van der Waals surface area contributed by atoms with E-state index in [0.29, 0.717) is 6.04 Å². The van der Waals surface area contributed by atoms with Crippen molar-refractivity contribution >= 4 is 23.6 Å². The highest BCUT2D eigenvalue weighted by Gasteiger charge is 2.24. The lowest BCUT2D eigenvalue weighted by molar-refractivity contribution is 0.481. The Labute approximate surface area is 103 Å². The van der Waals surface area contributed by atoms with Crippen molar-refractivity contribution in [1.82, 2.24) is 14.8 Å². The summed E-state index contributed by atoms with van der Waals surface area (Å²) in [5, 5.41) is 9.26. The first-order chi connectivity index (χ1) is 7.77. The predicted octanol–water partition coefficient (Wildman–Crippen LogP) is 3.24. The second-order valence-electron chi connectivity index (χ2n) is 4.15. The van der Waals surface area contributed by atoms with E-state index < -0.39 is 0 Å². The first kappa shape index (κ1) is 10.2.